The number of anilines is 1. The van der Waals surface area contributed by atoms with Crippen molar-refractivity contribution in [2.75, 3.05) is 5.32 Å². The van der Waals surface area contributed by atoms with Crippen LogP contribution in [0.4, 0.5) is 10.1 Å². The standard InChI is InChI=1S/C24H18FN3O3/c1-15-2-7-21-19(12-15)24(31)20(23(30)16-8-10-26-11-9-16)13-28(21)14-22(29)27-18-5-3-17(25)4-6-18/h2-13H,14H2,1H3,(H,27,29). The number of aryl methyl sites for hydroxylation is 1. The van der Waals surface area contributed by atoms with Crippen LogP contribution in [0.1, 0.15) is 21.5 Å². The van der Waals surface area contributed by atoms with Gasteiger partial charge in [0.25, 0.3) is 0 Å². The maximum absolute atomic E-state index is 13.1. The molecule has 0 aliphatic carbocycles. The Balaban J connectivity index is 1.76. The predicted octanol–water partition coefficient (Wildman–Crippen LogP) is 3.71. The Morgan fingerprint density at radius 1 is 1.03 bits per heavy atom. The molecule has 1 amide bonds. The highest BCUT2D eigenvalue weighted by atomic mass is 19.1. The summed E-state index contributed by atoms with van der Waals surface area (Å²) in [5.41, 5.74) is 1.76. The lowest BCUT2D eigenvalue weighted by atomic mass is 10.0. The number of benzene rings is 2. The van der Waals surface area contributed by atoms with E-state index in [4.69, 9.17) is 0 Å². The van der Waals surface area contributed by atoms with Gasteiger partial charge in [-0.15, -0.1) is 0 Å². The summed E-state index contributed by atoms with van der Waals surface area (Å²) >= 11 is 0. The summed E-state index contributed by atoms with van der Waals surface area (Å²) in [6.45, 7) is 1.72. The minimum absolute atomic E-state index is 0.0288. The number of hydrogen-bond donors (Lipinski definition) is 1. The lowest BCUT2D eigenvalue weighted by molar-refractivity contribution is -0.116. The maximum atomic E-state index is 13.1. The molecule has 0 radical (unpaired) electrons. The van der Waals surface area contributed by atoms with Crippen LogP contribution in [-0.4, -0.2) is 21.2 Å². The first-order valence-corrected chi connectivity index (χ1v) is 9.56. The highest BCUT2D eigenvalue weighted by molar-refractivity contribution is 6.10. The SMILES string of the molecule is Cc1ccc2c(c1)c(=O)c(C(=O)c1ccncc1)cn2CC(=O)Nc1ccc(F)cc1. The number of hydrogen-bond acceptors (Lipinski definition) is 4. The van der Waals surface area contributed by atoms with Crippen LogP contribution in [0.25, 0.3) is 10.9 Å². The largest absolute Gasteiger partial charge is 0.337 e. The number of nitrogens with zero attached hydrogens (tertiary/aromatic N) is 2. The van der Waals surface area contributed by atoms with E-state index in [-0.39, 0.29) is 18.0 Å². The summed E-state index contributed by atoms with van der Waals surface area (Å²) in [6.07, 6.45) is 4.37. The molecule has 0 saturated carbocycles. The van der Waals surface area contributed by atoms with Gasteiger partial charge in [0.05, 0.1) is 11.1 Å². The molecule has 2 aromatic heterocycles. The maximum Gasteiger partial charge on any atom is 0.244 e. The Bertz CT molecular complexity index is 1350. The quantitative estimate of drug-likeness (QED) is 0.504. The molecule has 7 heteroatoms. The van der Waals surface area contributed by atoms with Crippen molar-refractivity contribution in [1.29, 1.82) is 0 Å². The van der Waals surface area contributed by atoms with Crippen molar-refractivity contribution < 1.29 is 14.0 Å². The molecule has 0 spiro atoms. The second-order valence-corrected chi connectivity index (χ2v) is 7.14. The van der Waals surface area contributed by atoms with Gasteiger partial charge in [-0.3, -0.25) is 19.4 Å². The molecule has 154 valence electrons. The predicted molar refractivity (Wildman–Crippen MR) is 116 cm³/mol. The molecule has 0 bridgehead atoms. The van der Waals surface area contributed by atoms with Crippen LogP contribution >= 0.6 is 0 Å². The molecule has 0 aliphatic rings. The lowest BCUT2D eigenvalue weighted by Gasteiger charge is -2.14. The lowest BCUT2D eigenvalue weighted by Crippen LogP contribution is -2.24. The van der Waals surface area contributed by atoms with Gasteiger partial charge in [0, 0.05) is 35.2 Å². The van der Waals surface area contributed by atoms with Crippen LogP contribution in [-0.2, 0) is 11.3 Å². The third-order valence-electron chi connectivity index (χ3n) is 4.86. The van der Waals surface area contributed by atoms with E-state index in [1.165, 1.54) is 55.0 Å². The van der Waals surface area contributed by atoms with E-state index in [1.807, 2.05) is 13.0 Å². The third kappa shape index (κ3) is 4.25. The zero-order valence-corrected chi connectivity index (χ0v) is 16.6. The molecular formula is C24H18FN3O3. The number of carbonyl (C=O) groups excluding carboxylic acids is 2. The van der Waals surface area contributed by atoms with Crippen molar-refractivity contribution in [3.05, 3.63) is 106 Å². The third-order valence-corrected chi connectivity index (χ3v) is 4.86. The number of pyridine rings is 2. The summed E-state index contributed by atoms with van der Waals surface area (Å²) in [4.78, 5) is 42.6. The highest BCUT2D eigenvalue weighted by Crippen LogP contribution is 2.17. The van der Waals surface area contributed by atoms with Gasteiger partial charge in [-0.25, -0.2) is 4.39 Å². The van der Waals surface area contributed by atoms with E-state index in [2.05, 4.69) is 10.3 Å². The number of fused-ring (bicyclic) bond motifs is 1. The van der Waals surface area contributed by atoms with Crippen LogP contribution in [0.15, 0.2) is 78.0 Å². The first-order chi connectivity index (χ1) is 14.9. The summed E-state index contributed by atoms with van der Waals surface area (Å²) in [5.74, 6) is -1.22. The second-order valence-electron chi connectivity index (χ2n) is 7.14. The molecule has 0 aliphatic heterocycles. The van der Waals surface area contributed by atoms with Gasteiger partial charge in [0.15, 0.2) is 5.78 Å². The Labute approximate surface area is 177 Å². The molecule has 4 rings (SSSR count). The van der Waals surface area contributed by atoms with Crippen molar-refractivity contribution in [3.8, 4) is 0 Å². The van der Waals surface area contributed by atoms with Crippen LogP contribution < -0.4 is 10.7 Å². The molecule has 4 aromatic rings. The molecule has 0 fully saturated rings. The first-order valence-electron chi connectivity index (χ1n) is 9.56. The molecule has 0 saturated heterocycles. The smallest absolute Gasteiger partial charge is 0.244 e. The summed E-state index contributed by atoms with van der Waals surface area (Å²) in [6, 6.07) is 13.8. The number of carbonyl (C=O) groups is 2. The molecule has 2 heterocycles. The number of nitrogens with one attached hydrogen (secondary N) is 1. The van der Waals surface area contributed by atoms with E-state index in [1.54, 1.807) is 16.7 Å². The molecule has 31 heavy (non-hydrogen) atoms. The topological polar surface area (TPSA) is 81.1 Å². The van der Waals surface area contributed by atoms with Gasteiger partial charge in [0.2, 0.25) is 11.3 Å². The molecular weight excluding hydrogens is 397 g/mol. The fourth-order valence-electron chi connectivity index (χ4n) is 3.35. The molecule has 2 aromatic carbocycles. The molecule has 6 nitrogen and oxygen atoms in total. The van der Waals surface area contributed by atoms with Crippen LogP contribution in [0.5, 0.6) is 0 Å². The fourth-order valence-corrected chi connectivity index (χ4v) is 3.35. The molecule has 0 atom stereocenters. The monoisotopic (exact) mass is 415 g/mol. The molecule has 0 unspecified atom stereocenters. The van der Waals surface area contributed by atoms with E-state index in [0.29, 0.717) is 22.2 Å². The second kappa shape index (κ2) is 8.31. The van der Waals surface area contributed by atoms with Crippen molar-refractivity contribution in [1.82, 2.24) is 9.55 Å². The normalized spacial score (nSPS) is 10.8. The van der Waals surface area contributed by atoms with Crippen LogP contribution in [0.2, 0.25) is 0 Å². The fraction of sp³-hybridized carbons (Fsp3) is 0.0833. The van der Waals surface area contributed by atoms with Crippen LogP contribution in [0, 0.1) is 12.7 Å². The number of halogens is 1. The average molecular weight is 415 g/mol. The first kappa shape index (κ1) is 20.2. The highest BCUT2D eigenvalue weighted by Gasteiger charge is 2.18. The van der Waals surface area contributed by atoms with Gasteiger partial charge in [-0.05, 0) is 55.5 Å². The zero-order chi connectivity index (χ0) is 22.0. The van der Waals surface area contributed by atoms with Crippen molar-refractivity contribution in [2.45, 2.75) is 13.5 Å². The van der Waals surface area contributed by atoms with E-state index in [0.717, 1.165) is 5.56 Å². The van der Waals surface area contributed by atoms with E-state index in [9.17, 15) is 18.8 Å². The number of rotatable bonds is 5. The minimum Gasteiger partial charge on any atom is -0.337 e. The van der Waals surface area contributed by atoms with Gasteiger partial charge in [-0.2, -0.15) is 0 Å². The molecule has 1 N–H and O–H groups in total. The number of ketones is 1. The summed E-state index contributed by atoms with van der Waals surface area (Å²) < 4.78 is 14.7. The van der Waals surface area contributed by atoms with E-state index >= 15 is 0 Å². The van der Waals surface area contributed by atoms with Crippen LogP contribution in [0.3, 0.4) is 0 Å². The summed E-state index contributed by atoms with van der Waals surface area (Å²) in [7, 11) is 0. The van der Waals surface area contributed by atoms with Gasteiger partial charge in [-0.1, -0.05) is 11.6 Å². The number of aromatic nitrogens is 2. The van der Waals surface area contributed by atoms with Crippen molar-refractivity contribution in [3.63, 3.8) is 0 Å². The average Bonchev–Trinajstić information content (AvgIpc) is 2.77. The van der Waals surface area contributed by atoms with Gasteiger partial charge in [0.1, 0.15) is 12.4 Å². The Hall–Kier alpha value is -4.13. The summed E-state index contributed by atoms with van der Waals surface area (Å²) in [5, 5.41) is 3.05. The zero-order valence-electron chi connectivity index (χ0n) is 16.6. The Kier molecular flexibility index (Phi) is 5.41. The van der Waals surface area contributed by atoms with Crippen molar-refractivity contribution in [2.24, 2.45) is 0 Å². The van der Waals surface area contributed by atoms with Gasteiger partial charge >= 0.3 is 0 Å². The van der Waals surface area contributed by atoms with Crippen molar-refractivity contribution >= 4 is 28.3 Å². The van der Waals surface area contributed by atoms with E-state index < -0.39 is 17.0 Å². The Morgan fingerprint density at radius 3 is 2.45 bits per heavy atom. The Morgan fingerprint density at radius 2 is 1.74 bits per heavy atom. The number of amides is 1. The minimum atomic E-state index is -0.441. The van der Waals surface area contributed by atoms with Gasteiger partial charge < -0.3 is 9.88 Å².